The lowest BCUT2D eigenvalue weighted by molar-refractivity contribution is -0.256. The highest BCUT2D eigenvalue weighted by atomic mass is 16.9. The van der Waals surface area contributed by atoms with Crippen LogP contribution in [0.15, 0.2) is 0 Å². The number of hydrogen-bond acceptors (Lipinski definition) is 6. The van der Waals surface area contributed by atoms with Crippen LogP contribution in [0.25, 0.3) is 0 Å². The van der Waals surface area contributed by atoms with Gasteiger partial charge in [-0.25, -0.2) is 0 Å². The zero-order valence-corrected chi connectivity index (χ0v) is 20.8. The smallest absolute Gasteiger partial charge is 0.190 e. The van der Waals surface area contributed by atoms with Gasteiger partial charge in [-0.15, -0.1) is 0 Å². The predicted molar refractivity (Wildman–Crippen MR) is 125 cm³/mol. The van der Waals surface area contributed by atoms with Gasteiger partial charge in [-0.1, -0.05) is 58.3 Å². The Morgan fingerprint density at radius 1 is 0.636 bits per heavy atom. The summed E-state index contributed by atoms with van der Waals surface area (Å²) in [6.07, 6.45) is 19.0. The molecule has 3 heterocycles. The first-order valence-electron chi connectivity index (χ1n) is 14.2. The molecule has 5 fully saturated rings. The fourth-order valence-electron chi connectivity index (χ4n) is 6.53. The average molecular weight is 467 g/mol. The first-order chi connectivity index (χ1) is 16.2. The quantitative estimate of drug-likeness (QED) is 0.368. The molecule has 5 aliphatic rings. The third-order valence-corrected chi connectivity index (χ3v) is 8.38. The van der Waals surface area contributed by atoms with Crippen molar-refractivity contribution < 1.29 is 28.4 Å². The van der Waals surface area contributed by atoms with Crippen LogP contribution in [0.2, 0.25) is 0 Å². The lowest BCUT2D eigenvalue weighted by atomic mass is 9.94. The normalized spacial score (nSPS) is 36.8. The standard InChI is InChI=1S/C27H46O6/c1-2-3-4-5-6-7-14-19-28-20-21-22-23(31-26(30-22)15-10-8-11-16-26)24-25(29-21)33-27(32-24)17-12-9-13-18-27/h21-25H,2-20H2,1H3/t21-,22-,23-,24+,25+/m0/s1. The van der Waals surface area contributed by atoms with Crippen molar-refractivity contribution in [3.63, 3.8) is 0 Å². The molecular formula is C27H46O6. The Hall–Kier alpha value is -0.240. The van der Waals surface area contributed by atoms with Gasteiger partial charge in [-0.2, -0.15) is 0 Å². The minimum Gasteiger partial charge on any atom is -0.379 e. The van der Waals surface area contributed by atoms with E-state index in [-0.39, 0.29) is 30.7 Å². The van der Waals surface area contributed by atoms with Crippen LogP contribution in [-0.4, -0.2) is 55.5 Å². The van der Waals surface area contributed by atoms with Gasteiger partial charge >= 0.3 is 0 Å². The highest BCUT2D eigenvalue weighted by molar-refractivity contribution is 5.03. The van der Waals surface area contributed by atoms with Crippen LogP contribution in [0.4, 0.5) is 0 Å². The zero-order valence-electron chi connectivity index (χ0n) is 20.8. The number of rotatable bonds is 10. The van der Waals surface area contributed by atoms with Crippen LogP contribution in [0.5, 0.6) is 0 Å². The van der Waals surface area contributed by atoms with Gasteiger partial charge < -0.3 is 28.4 Å². The summed E-state index contributed by atoms with van der Waals surface area (Å²) in [5, 5.41) is 0. The van der Waals surface area contributed by atoms with Crippen LogP contribution in [-0.2, 0) is 28.4 Å². The van der Waals surface area contributed by atoms with Gasteiger partial charge in [0.1, 0.15) is 24.4 Å². The molecule has 5 rings (SSSR count). The van der Waals surface area contributed by atoms with Crippen LogP contribution < -0.4 is 0 Å². The molecule has 190 valence electrons. The fourth-order valence-corrected chi connectivity index (χ4v) is 6.53. The molecule has 2 aliphatic carbocycles. The minimum atomic E-state index is -0.489. The molecule has 0 amide bonds. The third kappa shape index (κ3) is 5.62. The van der Waals surface area contributed by atoms with Crippen molar-refractivity contribution in [1.29, 1.82) is 0 Å². The zero-order chi connectivity index (χ0) is 22.6. The molecule has 0 unspecified atom stereocenters. The Balaban J connectivity index is 1.17. The number of ether oxygens (including phenoxy) is 6. The second-order valence-corrected chi connectivity index (χ2v) is 11.0. The maximum Gasteiger partial charge on any atom is 0.190 e. The van der Waals surface area contributed by atoms with Crippen LogP contribution >= 0.6 is 0 Å². The summed E-state index contributed by atoms with van der Waals surface area (Å²) in [7, 11) is 0. The van der Waals surface area contributed by atoms with Crippen molar-refractivity contribution in [2.45, 2.75) is 158 Å². The molecule has 0 N–H and O–H groups in total. The predicted octanol–water partition coefficient (Wildman–Crippen LogP) is 6.00. The molecule has 0 aromatic rings. The monoisotopic (exact) mass is 466 g/mol. The van der Waals surface area contributed by atoms with Crippen molar-refractivity contribution in [2.75, 3.05) is 13.2 Å². The Labute approximate surface area is 200 Å². The van der Waals surface area contributed by atoms with E-state index in [1.165, 1.54) is 51.4 Å². The Bertz CT molecular complexity index is 599. The Morgan fingerprint density at radius 2 is 1.21 bits per heavy atom. The van der Waals surface area contributed by atoms with Crippen LogP contribution in [0.1, 0.15) is 116 Å². The summed E-state index contributed by atoms with van der Waals surface area (Å²) < 4.78 is 39.0. The SMILES string of the molecule is CCCCCCCCCOC[C@@H]1O[C@@H]2OC3(CCCCC3)O[C@@H]2[C@H]2OC3(CCCCC3)O[C@H]21. The molecule has 3 aliphatic heterocycles. The van der Waals surface area contributed by atoms with Crippen molar-refractivity contribution in [3.8, 4) is 0 Å². The van der Waals surface area contributed by atoms with Gasteiger partial charge in [0, 0.05) is 32.3 Å². The maximum absolute atomic E-state index is 6.70. The van der Waals surface area contributed by atoms with Crippen molar-refractivity contribution in [3.05, 3.63) is 0 Å². The highest BCUT2D eigenvalue weighted by Gasteiger charge is 2.63. The van der Waals surface area contributed by atoms with Gasteiger partial charge in [0.05, 0.1) is 6.61 Å². The van der Waals surface area contributed by atoms with E-state index in [9.17, 15) is 0 Å². The largest absolute Gasteiger partial charge is 0.379 e. The van der Waals surface area contributed by atoms with Crippen LogP contribution in [0, 0.1) is 0 Å². The van der Waals surface area contributed by atoms with Crippen molar-refractivity contribution in [1.82, 2.24) is 0 Å². The minimum absolute atomic E-state index is 0.129. The molecule has 6 heteroatoms. The van der Waals surface area contributed by atoms with E-state index in [2.05, 4.69) is 6.92 Å². The molecule has 33 heavy (non-hydrogen) atoms. The molecule has 0 aromatic heterocycles. The van der Waals surface area contributed by atoms with Crippen molar-refractivity contribution >= 4 is 0 Å². The van der Waals surface area contributed by atoms with E-state index in [0.29, 0.717) is 6.61 Å². The molecular weight excluding hydrogens is 420 g/mol. The van der Waals surface area contributed by atoms with E-state index in [4.69, 9.17) is 28.4 Å². The first kappa shape index (κ1) is 24.5. The summed E-state index contributed by atoms with van der Waals surface area (Å²) in [5.74, 6) is -0.953. The Kier molecular flexibility index (Phi) is 8.31. The van der Waals surface area contributed by atoms with E-state index in [0.717, 1.165) is 64.4 Å². The number of fused-ring (bicyclic) bond motifs is 3. The highest BCUT2D eigenvalue weighted by Crippen LogP contribution is 2.50. The second kappa shape index (κ2) is 11.2. The molecule has 0 bridgehead atoms. The number of unbranched alkanes of at least 4 members (excludes halogenated alkanes) is 6. The third-order valence-electron chi connectivity index (χ3n) is 8.38. The first-order valence-corrected chi connectivity index (χ1v) is 14.2. The van der Waals surface area contributed by atoms with Crippen molar-refractivity contribution in [2.24, 2.45) is 0 Å². The molecule has 6 nitrogen and oxygen atoms in total. The van der Waals surface area contributed by atoms with Gasteiger partial charge in [-0.3, -0.25) is 0 Å². The molecule has 3 saturated heterocycles. The van der Waals surface area contributed by atoms with Crippen LogP contribution in [0.3, 0.4) is 0 Å². The summed E-state index contributed by atoms with van der Waals surface area (Å²) in [6.45, 7) is 3.59. The molecule has 5 atom stereocenters. The van der Waals surface area contributed by atoms with Gasteiger partial charge in [0.2, 0.25) is 0 Å². The summed E-state index contributed by atoms with van der Waals surface area (Å²) in [6, 6.07) is 0. The lowest BCUT2D eigenvalue weighted by Crippen LogP contribution is -2.56. The maximum atomic E-state index is 6.70. The molecule has 2 spiro atoms. The molecule has 0 radical (unpaired) electrons. The summed E-state index contributed by atoms with van der Waals surface area (Å²) >= 11 is 0. The number of hydrogen-bond donors (Lipinski definition) is 0. The van der Waals surface area contributed by atoms with E-state index in [1.54, 1.807) is 0 Å². The topological polar surface area (TPSA) is 55.4 Å². The molecule has 0 aromatic carbocycles. The van der Waals surface area contributed by atoms with Gasteiger partial charge in [0.15, 0.2) is 17.9 Å². The van der Waals surface area contributed by atoms with E-state index < -0.39 is 11.6 Å². The van der Waals surface area contributed by atoms with E-state index in [1.807, 2.05) is 0 Å². The second-order valence-electron chi connectivity index (χ2n) is 11.0. The summed E-state index contributed by atoms with van der Waals surface area (Å²) in [5.41, 5.74) is 0. The Morgan fingerprint density at radius 3 is 1.91 bits per heavy atom. The molecule has 2 saturated carbocycles. The van der Waals surface area contributed by atoms with Gasteiger partial charge in [-0.05, 0) is 32.1 Å². The van der Waals surface area contributed by atoms with Gasteiger partial charge in [0.25, 0.3) is 0 Å². The fraction of sp³-hybridized carbons (Fsp3) is 1.00. The summed E-state index contributed by atoms with van der Waals surface area (Å²) in [4.78, 5) is 0. The lowest BCUT2D eigenvalue weighted by Gasteiger charge is -2.37. The average Bonchev–Trinajstić information content (AvgIpc) is 3.37. The van der Waals surface area contributed by atoms with E-state index >= 15 is 0 Å².